The van der Waals surface area contributed by atoms with Crippen LogP contribution in [0.25, 0.3) is 0 Å². The number of carboxylic acid groups (broad SMARTS) is 1. The highest BCUT2D eigenvalue weighted by Crippen LogP contribution is 2.23. The standard InChI is InChI=1S/C11H12N2O3S/c12-8-3-1-2-7(4-8)10(14)13-6-17-5-9(13)11(15)16/h1-4,9H,5-6,12H2,(H,15,16). The SMILES string of the molecule is Nc1cccc(C(=O)N2CSCC2C(=O)O)c1. The van der Waals surface area contributed by atoms with E-state index in [1.165, 1.54) is 16.7 Å². The fourth-order valence-corrected chi connectivity index (χ4v) is 2.83. The third kappa shape index (κ3) is 2.36. The fraction of sp³-hybridized carbons (Fsp3) is 0.273. The number of carboxylic acids is 1. The van der Waals surface area contributed by atoms with Gasteiger partial charge < -0.3 is 15.7 Å². The van der Waals surface area contributed by atoms with Gasteiger partial charge in [-0.05, 0) is 18.2 Å². The minimum atomic E-state index is -0.966. The number of rotatable bonds is 2. The smallest absolute Gasteiger partial charge is 0.327 e. The van der Waals surface area contributed by atoms with Crippen molar-refractivity contribution >= 4 is 29.3 Å². The highest BCUT2D eigenvalue weighted by Gasteiger charge is 2.34. The van der Waals surface area contributed by atoms with Crippen LogP contribution >= 0.6 is 11.8 Å². The fourth-order valence-electron chi connectivity index (χ4n) is 1.68. The van der Waals surface area contributed by atoms with Crippen LogP contribution in [0, 0.1) is 0 Å². The molecule has 0 radical (unpaired) electrons. The van der Waals surface area contributed by atoms with Crippen molar-refractivity contribution in [3.05, 3.63) is 29.8 Å². The van der Waals surface area contributed by atoms with Gasteiger partial charge in [-0.1, -0.05) is 6.07 Å². The normalized spacial score (nSPS) is 19.3. The van der Waals surface area contributed by atoms with Gasteiger partial charge in [-0.15, -0.1) is 11.8 Å². The molecule has 6 heteroatoms. The van der Waals surface area contributed by atoms with Crippen molar-refractivity contribution in [3.63, 3.8) is 0 Å². The molecule has 1 aliphatic rings. The Morgan fingerprint density at radius 1 is 1.47 bits per heavy atom. The zero-order valence-electron chi connectivity index (χ0n) is 9.00. The van der Waals surface area contributed by atoms with E-state index < -0.39 is 12.0 Å². The zero-order chi connectivity index (χ0) is 12.4. The van der Waals surface area contributed by atoms with E-state index in [-0.39, 0.29) is 5.91 Å². The molecule has 1 aromatic rings. The highest BCUT2D eigenvalue weighted by atomic mass is 32.2. The summed E-state index contributed by atoms with van der Waals surface area (Å²) in [6, 6.07) is 5.82. The summed E-state index contributed by atoms with van der Waals surface area (Å²) >= 11 is 1.44. The summed E-state index contributed by atoms with van der Waals surface area (Å²) in [6.07, 6.45) is 0. The maximum absolute atomic E-state index is 12.1. The van der Waals surface area contributed by atoms with Crippen LogP contribution in [0.15, 0.2) is 24.3 Å². The largest absolute Gasteiger partial charge is 0.480 e. The molecule has 1 fully saturated rings. The van der Waals surface area contributed by atoms with Crippen LogP contribution in [-0.4, -0.2) is 39.6 Å². The number of nitrogen functional groups attached to an aromatic ring is 1. The molecule has 1 amide bonds. The van der Waals surface area contributed by atoms with Crippen molar-refractivity contribution < 1.29 is 14.7 Å². The summed E-state index contributed by atoms with van der Waals surface area (Å²) in [7, 11) is 0. The number of hydrogen-bond acceptors (Lipinski definition) is 4. The van der Waals surface area contributed by atoms with Gasteiger partial charge in [0.1, 0.15) is 6.04 Å². The van der Waals surface area contributed by atoms with Gasteiger partial charge in [0.2, 0.25) is 0 Å². The molecule has 1 aromatic carbocycles. The van der Waals surface area contributed by atoms with Crippen LogP contribution in [0.1, 0.15) is 10.4 Å². The van der Waals surface area contributed by atoms with E-state index in [0.717, 1.165) is 0 Å². The number of nitrogens with two attached hydrogens (primary N) is 1. The van der Waals surface area contributed by atoms with Gasteiger partial charge in [-0.3, -0.25) is 4.79 Å². The van der Waals surface area contributed by atoms with Crippen molar-refractivity contribution in [2.45, 2.75) is 6.04 Å². The Balaban J connectivity index is 2.23. The molecule has 90 valence electrons. The lowest BCUT2D eigenvalue weighted by Gasteiger charge is -2.20. The first-order chi connectivity index (χ1) is 8.09. The molecule has 5 nitrogen and oxygen atoms in total. The summed E-state index contributed by atoms with van der Waals surface area (Å²) in [6.45, 7) is 0. The van der Waals surface area contributed by atoms with Crippen molar-refractivity contribution in [2.75, 3.05) is 17.4 Å². The van der Waals surface area contributed by atoms with Crippen LogP contribution in [-0.2, 0) is 4.79 Å². The first-order valence-corrected chi connectivity index (χ1v) is 6.22. The van der Waals surface area contributed by atoms with E-state index in [9.17, 15) is 9.59 Å². The van der Waals surface area contributed by atoms with Gasteiger partial charge in [-0.2, -0.15) is 0 Å². The van der Waals surface area contributed by atoms with Crippen molar-refractivity contribution in [2.24, 2.45) is 0 Å². The first-order valence-electron chi connectivity index (χ1n) is 5.06. The number of amides is 1. The Bertz CT molecular complexity index is 464. The van der Waals surface area contributed by atoms with Gasteiger partial charge >= 0.3 is 5.97 Å². The van der Waals surface area contributed by atoms with Gasteiger partial charge in [-0.25, -0.2) is 4.79 Å². The average molecular weight is 252 g/mol. The molecule has 0 bridgehead atoms. The maximum atomic E-state index is 12.1. The van der Waals surface area contributed by atoms with Crippen LogP contribution in [0.4, 0.5) is 5.69 Å². The molecule has 0 aliphatic carbocycles. The second kappa shape index (κ2) is 4.67. The van der Waals surface area contributed by atoms with Gasteiger partial charge in [0.25, 0.3) is 5.91 Å². The second-order valence-corrected chi connectivity index (χ2v) is 4.75. The van der Waals surface area contributed by atoms with E-state index in [1.807, 2.05) is 0 Å². The number of nitrogens with zero attached hydrogens (tertiary/aromatic N) is 1. The maximum Gasteiger partial charge on any atom is 0.327 e. The molecular weight excluding hydrogens is 240 g/mol. The van der Waals surface area contributed by atoms with E-state index in [4.69, 9.17) is 10.8 Å². The molecule has 1 unspecified atom stereocenters. The molecular formula is C11H12N2O3S. The monoisotopic (exact) mass is 252 g/mol. The topological polar surface area (TPSA) is 83.6 Å². The van der Waals surface area contributed by atoms with E-state index >= 15 is 0 Å². The Morgan fingerprint density at radius 2 is 2.24 bits per heavy atom. The summed E-state index contributed by atoms with van der Waals surface area (Å²) in [5.74, 6) is -0.407. The Kier molecular flexibility index (Phi) is 3.23. The highest BCUT2D eigenvalue weighted by molar-refractivity contribution is 7.99. The predicted octanol–water partition coefficient (Wildman–Crippen LogP) is 0.869. The Labute approximate surface area is 103 Å². The average Bonchev–Trinajstić information content (AvgIpc) is 2.77. The Morgan fingerprint density at radius 3 is 2.88 bits per heavy atom. The molecule has 3 N–H and O–H groups in total. The van der Waals surface area contributed by atoms with Crippen LogP contribution in [0.2, 0.25) is 0 Å². The summed E-state index contributed by atoms with van der Waals surface area (Å²) in [5.41, 5.74) is 6.52. The molecule has 0 aromatic heterocycles. The molecule has 1 aliphatic heterocycles. The lowest BCUT2D eigenvalue weighted by atomic mass is 10.1. The number of anilines is 1. The number of thioether (sulfide) groups is 1. The summed E-state index contributed by atoms with van der Waals surface area (Å²) in [5, 5.41) is 9.00. The Hall–Kier alpha value is -1.69. The summed E-state index contributed by atoms with van der Waals surface area (Å²) in [4.78, 5) is 24.5. The molecule has 1 heterocycles. The number of aliphatic carboxylic acids is 1. The lowest BCUT2D eigenvalue weighted by Crippen LogP contribution is -2.41. The second-order valence-electron chi connectivity index (χ2n) is 3.75. The number of benzene rings is 1. The molecule has 2 rings (SSSR count). The van der Waals surface area contributed by atoms with Gasteiger partial charge in [0, 0.05) is 17.0 Å². The molecule has 1 saturated heterocycles. The van der Waals surface area contributed by atoms with E-state index in [2.05, 4.69) is 0 Å². The number of hydrogen-bond donors (Lipinski definition) is 2. The number of carbonyl (C=O) groups is 2. The quantitative estimate of drug-likeness (QED) is 0.763. The molecule has 17 heavy (non-hydrogen) atoms. The third-order valence-electron chi connectivity index (χ3n) is 2.56. The summed E-state index contributed by atoms with van der Waals surface area (Å²) < 4.78 is 0. The van der Waals surface area contributed by atoms with Crippen molar-refractivity contribution in [3.8, 4) is 0 Å². The van der Waals surface area contributed by atoms with Crippen LogP contribution in [0.5, 0.6) is 0 Å². The molecule has 1 atom stereocenters. The number of carbonyl (C=O) groups excluding carboxylic acids is 1. The molecule has 0 spiro atoms. The first kappa shape index (κ1) is 11.8. The predicted molar refractivity (Wildman–Crippen MR) is 65.8 cm³/mol. The minimum Gasteiger partial charge on any atom is -0.480 e. The van der Waals surface area contributed by atoms with Crippen molar-refractivity contribution in [1.29, 1.82) is 0 Å². The van der Waals surface area contributed by atoms with Crippen molar-refractivity contribution in [1.82, 2.24) is 4.90 Å². The minimum absolute atomic E-state index is 0.283. The third-order valence-corrected chi connectivity index (χ3v) is 3.57. The van der Waals surface area contributed by atoms with Crippen LogP contribution in [0.3, 0.4) is 0 Å². The lowest BCUT2D eigenvalue weighted by molar-refractivity contribution is -0.140. The molecule has 0 saturated carbocycles. The van der Waals surface area contributed by atoms with Gasteiger partial charge in [0.15, 0.2) is 0 Å². The van der Waals surface area contributed by atoms with Gasteiger partial charge in [0.05, 0.1) is 5.88 Å². The zero-order valence-corrected chi connectivity index (χ0v) is 9.81. The van der Waals surface area contributed by atoms with E-state index in [1.54, 1.807) is 24.3 Å². The van der Waals surface area contributed by atoms with Crippen LogP contribution < -0.4 is 5.73 Å². The van der Waals surface area contributed by atoms with E-state index in [0.29, 0.717) is 22.9 Å².